The standard InChI is InChI=1S/C14H21N3O/c1-14(6-2-3-7-14)10-17-13(18)12-5-4-11(8-15)9-16-12/h4-5,9H,2-3,6-8,10,15H2,1H3,(H,17,18). The molecule has 1 heterocycles. The Bertz CT molecular complexity index is 408. The Morgan fingerprint density at radius 1 is 1.44 bits per heavy atom. The Hall–Kier alpha value is -1.42. The van der Waals surface area contributed by atoms with Gasteiger partial charge in [-0.05, 0) is 29.9 Å². The lowest BCUT2D eigenvalue weighted by Gasteiger charge is -2.23. The van der Waals surface area contributed by atoms with E-state index in [2.05, 4.69) is 17.2 Å². The van der Waals surface area contributed by atoms with Crippen molar-refractivity contribution in [1.82, 2.24) is 10.3 Å². The summed E-state index contributed by atoms with van der Waals surface area (Å²) in [5.41, 5.74) is 7.17. The largest absolute Gasteiger partial charge is 0.350 e. The molecule has 0 spiro atoms. The molecule has 4 nitrogen and oxygen atoms in total. The molecule has 0 aliphatic heterocycles. The number of hydrogen-bond acceptors (Lipinski definition) is 3. The fourth-order valence-corrected chi connectivity index (χ4v) is 2.47. The summed E-state index contributed by atoms with van der Waals surface area (Å²) in [6.45, 7) is 3.43. The fourth-order valence-electron chi connectivity index (χ4n) is 2.47. The molecule has 18 heavy (non-hydrogen) atoms. The molecule has 1 aliphatic rings. The Kier molecular flexibility index (Phi) is 3.97. The van der Waals surface area contributed by atoms with Crippen molar-refractivity contribution in [2.24, 2.45) is 11.1 Å². The highest BCUT2D eigenvalue weighted by molar-refractivity contribution is 5.92. The number of rotatable bonds is 4. The summed E-state index contributed by atoms with van der Waals surface area (Å²) in [5, 5.41) is 2.99. The molecule has 1 aliphatic carbocycles. The van der Waals surface area contributed by atoms with Crippen LogP contribution >= 0.6 is 0 Å². The van der Waals surface area contributed by atoms with Crippen molar-refractivity contribution in [2.75, 3.05) is 6.54 Å². The van der Waals surface area contributed by atoms with Crippen LogP contribution < -0.4 is 11.1 Å². The van der Waals surface area contributed by atoms with E-state index in [0.29, 0.717) is 12.2 Å². The van der Waals surface area contributed by atoms with Gasteiger partial charge in [0.2, 0.25) is 0 Å². The van der Waals surface area contributed by atoms with Crippen LogP contribution in [0.2, 0.25) is 0 Å². The number of hydrogen-bond donors (Lipinski definition) is 2. The van der Waals surface area contributed by atoms with E-state index in [1.807, 2.05) is 6.07 Å². The maximum atomic E-state index is 11.9. The maximum absolute atomic E-state index is 11.9. The van der Waals surface area contributed by atoms with Crippen LogP contribution in [0.25, 0.3) is 0 Å². The van der Waals surface area contributed by atoms with E-state index in [-0.39, 0.29) is 11.3 Å². The summed E-state index contributed by atoms with van der Waals surface area (Å²) < 4.78 is 0. The molecule has 1 saturated carbocycles. The molecule has 0 unspecified atom stereocenters. The molecule has 1 fully saturated rings. The molecule has 0 atom stereocenters. The molecule has 4 heteroatoms. The first kappa shape index (κ1) is 13.0. The molecule has 98 valence electrons. The molecule has 1 aromatic heterocycles. The molecule has 0 aromatic carbocycles. The number of aromatic nitrogens is 1. The van der Waals surface area contributed by atoms with Crippen LogP contribution in [0.4, 0.5) is 0 Å². The van der Waals surface area contributed by atoms with Gasteiger partial charge in [-0.1, -0.05) is 25.8 Å². The molecule has 1 aromatic rings. The number of carbonyl (C=O) groups is 1. The van der Waals surface area contributed by atoms with Crippen LogP contribution in [0, 0.1) is 5.41 Å². The Balaban J connectivity index is 1.90. The van der Waals surface area contributed by atoms with Crippen molar-refractivity contribution in [3.8, 4) is 0 Å². The van der Waals surface area contributed by atoms with Crippen molar-refractivity contribution < 1.29 is 4.79 Å². The smallest absolute Gasteiger partial charge is 0.269 e. The number of pyridine rings is 1. The first-order chi connectivity index (χ1) is 8.63. The molecule has 2 rings (SSSR count). The number of amides is 1. The van der Waals surface area contributed by atoms with Crippen LogP contribution in [-0.4, -0.2) is 17.4 Å². The minimum atomic E-state index is -0.0910. The molecular weight excluding hydrogens is 226 g/mol. The predicted molar refractivity (Wildman–Crippen MR) is 71.0 cm³/mol. The summed E-state index contributed by atoms with van der Waals surface area (Å²) in [6, 6.07) is 3.58. The van der Waals surface area contributed by atoms with E-state index in [1.54, 1.807) is 12.3 Å². The van der Waals surface area contributed by atoms with E-state index < -0.39 is 0 Å². The van der Waals surface area contributed by atoms with Crippen molar-refractivity contribution in [1.29, 1.82) is 0 Å². The van der Waals surface area contributed by atoms with Crippen molar-refractivity contribution >= 4 is 5.91 Å². The monoisotopic (exact) mass is 247 g/mol. The maximum Gasteiger partial charge on any atom is 0.269 e. The predicted octanol–water partition coefficient (Wildman–Crippen LogP) is 1.85. The highest BCUT2D eigenvalue weighted by atomic mass is 16.1. The lowest BCUT2D eigenvalue weighted by Crippen LogP contribution is -2.34. The van der Waals surface area contributed by atoms with Crippen LogP contribution in [0.3, 0.4) is 0 Å². The minimum absolute atomic E-state index is 0.0910. The van der Waals surface area contributed by atoms with Crippen LogP contribution in [0.1, 0.15) is 48.7 Å². The molecular formula is C14H21N3O. The number of nitrogens with two attached hydrogens (primary N) is 1. The van der Waals surface area contributed by atoms with E-state index in [0.717, 1.165) is 12.1 Å². The Labute approximate surface area is 108 Å². The topological polar surface area (TPSA) is 68.0 Å². The molecule has 0 bridgehead atoms. The fraction of sp³-hybridized carbons (Fsp3) is 0.571. The number of carbonyl (C=O) groups excluding carboxylic acids is 1. The minimum Gasteiger partial charge on any atom is -0.350 e. The third-order valence-electron chi connectivity index (χ3n) is 3.78. The van der Waals surface area contributed by atoms with Gasteiger partial charge in [0.05, 0.1) is 0 Å². The average Bonchev–Trinajstić information content (AvgIpc) is 2.83. The highest BCUT2D eigenvalue weighted by Gasteiger charge is 2.29. The first-order valence-corrected chi connectivity index (χ1v) is 6.56. The zero-order valence-electron chi connectivity index (χ0n) is 10.9. The summed E-state index contributed by atoms with van der Waals surface area (Å²) in [5.74, 6) is -0.0910. The van der Waals surface area contributed by atoms with Gasteiger partial charge in [0.25, 0.3) is 5.91 Å². The van der Waals surface area contributed by atoms with Gasteiger partial charge in [-0.2, -0.15) is 0 Å². The average molecular weight is 247 g/mol. The van der Waals surface area contributed by atoms with Gasteiger partial charge in [0.15, 0.2) is 0 Å². The zero-order chi connectivity index (χ0) is 13.0. The SMILES string of the molecule is CC1(CNC(=O)c2ccc(CN)cn2)CCCC1. The summed E-state index contributed by atoms with van der Waals surface area (Å²) in [4.78, 5) is 16.1. The van der Waals surface area contributed by atoms with E-state index >= 15 is 0 Å². The molecule has 3 N–H and O–H groups in total. The Morgan fingerprint density at radius 2 is 2.17 bits per heavy atom. The summed E-state index contributed by atoms with van der Waals surface area (Å²) in [7, 11) is 0. The van der Waals surface area contributed by atoms with Gasteiger partial charge in [-0.15, -0.1) is 0 Å². The van der Waals surface area contributed by atoms with Crippen molar-refractivity contribution in [2.45, 2.75) is 39.2 Å². The van der Waals surface area contributed by atoms with Crippen molar-refractivity contribution in [3.05, 3.63) is 29.6 Å². The van der Waals surface area contributed by atoms with Crippen LogP contribution in [-0.2, 0) is 6.54 Å². The Morgan fingerprint density at radius 3 is 2.72 bits per heavy atom. The number of nitrogens with one attached hydrogen (secondary N) is 1. The third-order valence-corrected chi connectivity index (χ3v) is 3.78. The summed E-state index contributed by atoms with van der Waals surface area (Å²) >= 11 is 0. The van der Waals surface area contributed by atoms with Gasteiger partial charge >= 0.3 is 0 Å². The van der Waals surface area contributed by atoms with E-state index in [1.165, 1.54) is 25.7 Å². The molecule has 0 radical (unpaired) electrons. The summed E-state index contributed by atoms with van der Waals surface area (Å²) in [6.07, 6.45) is 6.61. The van der Waals surface area contributed by atoms with E-state index in [4.69, 9.17) is 5.73 Å². The lowest BCUT2D eigenvalue weighted by molar-refractivity contribution is 0.0929. The van der Waals surface area contributed by atoms with Gasteiger partial charge in [-0.3, -0.25) is 9.78 Å². The van der Waals surface area contributed by atoms with E-state index in [9.17, 15) is 4.79 Å². The third kappa shape index (κ3) is 3.07. The second-order valence-electron chi connectivity index (χ2n) is 5.46. The highest BCUT2D eigenvalue weighted by Crippen LogP contribution is 2.36. The second-order valence-corrected chi connectivity index (χ2v) is 5.46. The van der Waals surface area contributed by atoms with Crippen molar-refractivity contribution in [3.63, 3.8) is 0 Å². The molecule has 0 saturated heterocycles. The van der Waals surface area contributed by atoms with Gasteiger partial charge in [0, 0.05) is 19.3 Å². The first-order valence-electron chi connectivity index (χ1n) is 6.56. The zero-order valence-corrected chi connectivity index (χ0v) is 10.9. The second kappa shape index (κ2) is 5.48. The lowest BCUT2D eigenvalue weighted by atomic mass is 9.89. The normalized spacial score (nSPS) is 17.7. The quantitative estimate of drug-likeness (QED) is 0.853. The van der Waals surface area contributed by atoms with Crippen LogP contribution in [0.15, 0.2) is 18.3 Å². The number of nitrogens with zero attached hydrogens (tertiary/aromatic N) is 1. The van der Waals surface area contributed by atoms with Gasteiger partial charge in [0.1, 0.15) is 5.69 Å². The molecule has 1 amide bonds. The van der Waals surface area contributed by atoms with Crippen LogP contribution in [0.5, 0.6) is 0 Å². The van der Waals surface area contributed by atoms with Gasteiger partial charge in [-0.25, -0.2) is 0 Å². The van der Waals surface area contributed by atoms with Gasteiger partial charge < -0.3 is 11.1 Å².